The Kier molecular flexibility index (Phi) is 61.3. The molecule has 0 aliphatic heterocycles. The van der Waals surface area contributed by atoms with E-state index in [-0.39, 0.29) is 33.7 Å². The Morgan fingerprint density at radius 2 is 0.324 bits per heavy atom. The molecule has 0 aliphatic rings. The van der Waals surface area contributed by atoms with Crippen LogP contribution in [0, 0.1) is 0 Å². The average molecular weight is 438 g/mol. The zero-order chi connectivity index (χ0) is 22.4. The molecule has 0 bridgehead atoms. The van der Waals surface area contributed by atoms with Crippen LogP contribution in [0.25, 0.3) is 0 Å². The molecule has 3 aromatic rings. The highest BCUT2D eigenvalue weighted by Crippen LogP contribution is 1.81. The van der Waals surface area contributed by atoms with E-state index < -0.39 is 0 Å². The van der Waals surface area contributed by atoms with Gasteiger partial charge in [-0.2, -0.15) is 0 Å². The van der Waals surface area contributed by atoms with Gasteiger partial charge >= 0.3 is 0 Å². The topological polar surface area (TPSA) is 0 Å². The molecular formula is C30H34B4. The number of hydrogen-bond donors (Lipinski definition) is 0. The molecule has 0 fully saturated rings. The molecule has 166 valence electrons. The SMILES string of the molecule is C=C/C=C\C=C.C=C/C=C\C=C.[B].[B].[B].[B].c1ccccc1.c1ccccc1.c1ccccc1. The van der Waals surface area contributed by atoms with Crippen molar-refractivity contribution in [2.45, 2.75) is 0 Å². The maximum Gasteiger partial charge on any atom is 0 e. The van der Waals surface area contributed by atoms with Crippen molar-refractivity contribution in [3.05, 3.63) is 184 Å². The molecule has 4 heteroatoms. The predicted octanol–water partition coefficient (Wildman–Crippen LogP) is 7.37. The Morgan fingerprint density at radius 3 is 0.382 bits per heavy atom. The van der Waals surface area contributed by atoms with E-state index in [1.165, 1.54) is 0 Å². The van der Waals surface area contributed by atoms with Crippen LogP contribution < -0.4 is 0 Å². The fourth-order valence-corrected chi connectivity index (χ4v) is 1.47. The maximum absolute atomic E-state index is 3.46. The van der Waals surface area contributed by atoms with Gasteiger partial charge in [0.15, 0.2) is 0 Å². The second-order valence-electron chi connectivity index (χ2n) is 5.18. The lowest BCUT2D eigenvalue weighted by atomic mass is 10.4. The molecule has 0 aliphatic carbocycles. The van der Waals surface area contributed by atoms with Gasteiger partial charge in [0.05, 0.1) is 0 Å². The Labute approximate surface area is 217 Å². The van der Waals surface area contributed by atoms with Gasteiger partial charge < -0.3 is 0 Å². The van der Waals surface area contributed by atoms with E-state index in [0.717, 1.165) is 0 Å². The van der Waals surface area contributed by atoms with Crippen molar-refractivity contribution >= 4 is 33.7 Å². The van der Waals surface area contributed by atoms with Crippen molar-refractivity contribution in [1.29, 1.82) is 0 Å². The van der Waals surface area contributed by atoms with Crippen molar-refractivity contribution in [1.82, 2.24) is 0 Å². The molecule has 0 amide bonds. The summed E-state index contributed by atoms with van der Waals surface area (Å²) in [6.45, 7) is 13.9. The van der Waals surface area contributed by atoms with Crippen LogP contribution in [0.1, 0.15) is 0 Å². The lowest BCUT2D eigenvalue weighted by Crippen LogP contribution is -1.47. The summed E-state index contributed by atoms with van der Waals surface area (Å²) in [7, 11) is 0. The van der Waals surface area contributed by atoms with Crippen LogP contribution in [0.5, 0.6) is 0 Å². The third-order valence-corrected chi connectivity index (χ3v) is 2.77. The number of allylic oxidation sites excluding steroid dienone is 8. The summed E-state index contributed by atoms with van der Waals surface area (Å²) in [6, 6.07) is 36.0. The number of benzene rings is 3. The monoisotopic (exact) mass is 438 g/mol. The Balaban J connectivity index is -0.0000000700. The van der Waals surface area contributed by atoms with E-state index in [1.807, 2.05) is 133 Å². The quantitative estimate of drug-likeness (QED) is 0.295. The van der Waals surface area contributed by atoms with Crippen molar-refractivity contribution < 1.29 is 0 Å². The smallest absolute Gasteiger partial charge is 0 e. The highest BCUT2D eigenvalue weighted by Gasteiger charge is 1.59. The molecule has 0 unspecified atom stereocenters. The van der Waals surface area contributed by atoms with Crippen LogP contribution in [0.4, 0.5) is 0 Å². The number of hydrogen-bond acceptors (Lipinski definition) is 0. The molecule has 0 nitrogen and oxygen atoms in total. The van der Waals surface area contributed by atoms with Crippen molar-refractivity contribution in [3.8, 4) is 0 Å². The van der Waals surface area contributed by atoms with Crippen molar-refractivity contribution in [3.63, 3.8) is 0 Å². The first kappa shape index (κ1) is 44.1. The molecule has 3 rings (SSSR count). The first-order chi connectivity index (χ1) is 14.8. The predicted molar refractivity (Wildman–Crippen MR) is 161 cm³/mol. The Bertz CT molecular complexity index is 572. The summed E-state index contributed by atoms with van der Waals surface area (Å²) in [5, 5.41) is 0. The van der Waals surface area contributed by atoms with Gasteiger partial charge in [-0.25, -0.2) is 0 Å². The zero-order valence-electron chi connectivity index (χ0n) is 20.1. The Morgan fingerprint density at radius 1 is 0.235 bits per heavy atom. The molecule has 3 aromatic carbocycles. The van der Waals surface area contributed by atoms with Gasteiger partial charge in [0, 0.05) is 33.7 Å². The van der Waals surface area contributed by atoms with Gasteiger partial charge in [0.2, 0.25) is 0 Å². The van der Waals surface area contributed by atoms with Crippen LogP contribution in [0.3, 0.4) is 0 Å². The minimum atomic E-state index is 0. The summed E-state index contributed by atoms with van der Waals surface area (Å²) in [6.07, 6.45) is 14.1. The van der Waals surface area contributed by atoms with E-state index in [9.17, 15) is 0 Å². The molecule has 0 N–H and O–H groups in total. The molecule has 34 heavy (non-hydrogen) atoms. The van der Waals surface area contributed by atoms with Crippen molar-refractivity contribution in [2.75, 3.05) is 0 Å². The van der Waals surface area contributed by atoms with E-state index >= 15 is 0 Å². The Hall–Kier alpha value is -3.64. The van der Waals surface area contributed by atoms with Crippen LogP contribution >= 0.6 is 0 Å². The summed E-state index contributed by atoms with van der Waals surface area (Å²) < 4.78 is 0. The largest absolute Gasteiger partial charge is 0.0991 e. The van der Waals surface area contributed by atoms with Gasteiger partial charge in [-0.1, -0.05) is 184 Å². The van der Waals surface area contributed by atoms with Gasteiger partial charge in [-0.3, -0.25) is 0 Å². The average Bonchev–Trinajstić information content (AvgIpc) is 2.86. The molecule has 0 saturated heterocycles. The zero-order valence-corrected chi connectivity index (χ0v) is 20.1. The van der Waals surface area contributed by atoms with E-state index in [2.05, 4.69) is 26.3 Å². The second-order valence-corrected chi connectivity index (χ2v) is 5.18. The van der Waals surface area contributed by atoms with Crippen LogP contribution in [0.15, 0.2) is 184 Å². The summed E-state index contributed by atoms with van der Waals surface area (Å²) >= 11 is 0. The first-order valence-corrected chi connectivity index (χ1v) is 9.63. The molecule has 0 saturated carbocycles. The van der Waals surface area contributed by atoms with E-state index in [0.29, 0.717) is 0 Å². The lowest BCUT2D eigenvalue weighted by Gasteiger charge is -1.69. The van der Waals surface area contributed by atoms with Crippen LogP contribution in [0.2, 0.25) is 0 Å². The third kappa shape index (κ3) is 51.2. The minimum Gasteiger partial charge on any atom is -0.0991 e. The highest BCUT2D eigenvalue weighted by molar-refractivity contribution is 5.76. The molecule has 0 atom stereocenters. The van der Waals surface area contributed by atoms with Gasteiger partial charge in [-0.15, -0.1) is 0 Å². The maximum atomic E-state index is 3.46. The minimum absolute atomic E-state index is 0. The third-order valence-electron chi connectivity index (χ3n) is 2.77. The summed E-state index contributed by atoms with van der Waals surface area (Å²) in [4.78, 5) is 0. The lowest BCUT2D eigenvalue weighted by molar-refractivity contribution is 1.72. The molecule has 0 spiro atoms. The normalized spacial score (nSPS) is 7.29. The summed E-state index contributed by atoms with van der Waals surface area (Å²) in [5.74, 6) is 0. The molecule has 12 radical (unpaired) electrons. The molecule has 0 aromatic heterocycles. The van der Waals surface area contributed by atoms with Gasteiger partial charge in [-0.05, 0) is 0 Å². The standard InChI is InChI=1S/3C6H6.2C6H8.4B/c3*1-2-4-6-5-3-1;2*1-3-5-6-4-2;;;;/h3*1-6H;2*3-6H,1-2H2;;;;/b;;;2*6-5-;;;;. The fourth-order valence-electron chi connectivity index (χ4n) is 1.47. The van der Waals surface area contributed by atoms with Crippen LogP contribution in [-0.4, -0.2) is 33.7 Å². The van der Waals surface area contributed by atoms with Crippen LogP contribution in [-0.2, 0) is 0 Å². The van der Waals surface area contributed by atoms with Gasteiger partial charge in [0.1, 0.15) is 0 Å². The van der Waals surface area contributed by atoms with Crippen molar-refractivity contribution in [2.24, 2.45) is 0 Å². The molecule has 0 heterocycles. The van der Waals surface area contributed by atoms with E-state index in [4.69, 9.17) is 0 Å². The fraction of sp³-hybridized carbons (Fsp3) is 0. The summed E-state index contributed by atoms with van der Waals surface area (Å²) in [5.41, 5.74) is 0. The van der Waals surface area contributed by atoms with E-state index in [1.54, 1.807) is 24.3 Å². The second kappa shape index (κ2) is 47.2. The first-order valence-electron chi connectivity index (χ1n) is 9.63. The highest BCUT2D eigenvalue weighted by atomic mass is 13.7. The van der Waals surface area contributed by atoms with Gasteiger partial charge in [0.25, 0.3) is 0 Å². The molecular weight excluding hydrogens is 404 g/mol. The number of rotatable bonds is 4.